The summed E-state index contributed by atoms with van der Waals surface area (Å²) in [4.78, 5) is 12.9. The van der Waals surface area contributed by atoms with Crippen LogP contribution in [0.15, 0.2) is 29.6 Å². The van der Waals surface area contributed by atoms with Crippen molar-refractivity contribution in [2.24, 2.45) is 0 Å². The van der Waals surface area contributed by atoms with E-state index in [0.717, 1.165) is 0 Å². The number of rotatable bonds is 4. The van der Waals surface area contributed by atoms with Crippen LogP contribution in [0.3, 0.4) is 0 Å². The number of carbonyl (C=O) groups is 1. The van der Waals surface area contributed by atoms with Gasteiger partial charge in [0.2, 0.25) is 5.78 Å². The highest BCUT2D eigenvalue weighted by Gasteiger charge is 2.18. The molecule has 0 aliphatic rings. The van der Waals surface area contributed by atoms with Gasteiger partial charge in [-0.3, -0.25) is 4.79 Å². The number of hydrogen-bond acceptors (Lipinski definition) is 5. The fourth-order valence-corrected chi connectivity index (χ4v) is 2.42. The van der Waals surface area contributed by atoms with Gasteiger partial charge in [-0.2, -0.15) is 0 Å². The van der Waals surface area contributed by atoms with E-state index < -0.39 is 0 Å². The van der Waals surface area contributed by atoms with Crippen LogP contribution in [0.2, 0.25) is 0 Å². The predicted molar refractivity (Wildman–Crippen MR) is 71.7 cm³/mol. The summed E-state index contributed by atoms with van der Waals surface area (Å²) in [6, 6.07) is 6.77. The number of carbonyl (C=O) groups excluding carboxylic acids is 1. The zero-order valence-corrected chi connectivity index (χ0v) is 10.9. The van der Waals surface area contributed by atoms with Gasteiger partial charge in [-0.25, -0.2) is 0 Å². The maximum absolute atomic E-state index is 12.4. The molecule has 1 aromatic carbocycles. The van der Waals surface area contributed by atoms with Gasteiger partial charge in [0.05, 0.1) is 19.8 Å². The Morgan fingerprint density at radius 2 is 2.00 bits per heavy atom. The second kappa shape index (κ2) is 5.10. The van der Waals surface area contributed by atoms with E-state index in [4.69, 9.17) is 15.2 Å². The Bertz CT molecular complexity index is 577. The molecule has 18 heavy (non-hydrogen) atoms. The standard InChI is InChI=1S/C13H13NO3S/c1-16-8-3-4-10(14)9(7-8)12(15)13-11(17-2)5-6-18-13/h3-7H,14H2,1-2H3. The summed E-state index contributed by atoms with van der Waals surface area (Å²) >= 11 is 1.33. The molecule has 0 bridgehead atoms. The van der Waals surface area contributed by atoms with Crippen molar-refractivity contribution >= 4 is 22.8 Å². The maximum Gasteiger partial charge on any atom is 0.208 e. The largest absolute Gasteiger partial charge is 0.497 e. The number of hydrogen-bond donors (Lipinski definition) is 1. The molecule has 0 radical (unpaired) electrons. The van der Waals surface area contributed by atoms with E-state index in [1.165, 1.54) is 18.4 Å². The van der Waals surface area contributed by atoms with Gasteiger partial charge in [-0.15, -0.1) is 11.3 Å². The van der Waals surface area contributed by atoms with Crippen molar-refractivity contribution < 1.29 is 14.3 Å². The van der Waals surface area contributed by atoms with Crippen LogP contribution in [0.5, 0.6) is 11.5 Å². The number of ketones is 1. The molecule has 1 aromatic heterocycles. The lowest BCUT2D eigenvalue weighted by molar-refractivity contribution is 0.104. The van der Waals surface area contributed by atoms with Crippen LogP contribution in [0, 0.1) is 0 Å². The van der Waals surface area contributed by atoms with Crippen LogP contribution in [0.1, 0.15) is 15.2 Å². The average Bonchev–Trinajstić information content (AvgIpc) is 2.86. The molecule has 2 aromatic rings. The molecule has 2 rings (SSSR count). The molecule has 94 valence electrons. The average molecular weight is 263 g/mol. The minimum atomic E-state index is -0.154. The van der Waals surface area contributed by atoms with Crippen LogP contribution >= 0.6 is 11.3 Å². The zero-order valence-electron chi connectivity index (χ0n) is 10.1. The van der Waals surface area contributed by atoms with Crippen molar-refractivity contribution in [2.45, 2.75) is 0 Å². The third kappa shape index (κ3) is 2.17. The Morgan fingerprint density at radius 1 is 1.22 bits per heavy atom. The first-order valence-corrected chi connectivity index (χ1v) is 6.15. The van der Waals surface area contributed by atoms with Crippen molar-refractivity contribution in [1.29, 1.82) is 0 Å². The molecule has 0 spiro atoms. The second-order valence-electron chi connectivity index (χ2n) is 3.60. The van der Waals surface area contributed by atoms with E-state index in [1.807, 2.05) is 5.38 Å². The molecule has 0 atom stereocenters. The Hall–Kier alpha value is -2.01. The molecule has 0 fully saturated rings. The number of anilines is 1. The zero-order chi connectivity index (χ0) is 13.1. The van der Waals surface area contributed by atoms with Crippen molar-refractivity contribution in [1.82, 2.24) is 0 Å². The molecule has 0 saturated heterocycles. The highest BCUT2D eigenvalue weighted by Crippen LogP contribution is 2.30. The van der Waals surface area contributed by atoms with Crippen LogP contribution in [0.4, 0.5) is 5.69 Å². The number of thiophene rings is 1. The molecule has 0 unspecified atom stereocenters. The van der Waals surface area contributed by atoms with Crippen LogP contribution in [-0.2, 0) is 0 Å². The summed E-state index contributed by atoms with van der Waals surface area (Å²) in [5.41, 5.74) is 6.68. The number of methoxy groups -OCH3 is 2. The Kier molecular flexibility index (Phi) is 3.53. The van der Waals surface area contributed by atoms with E-state index >= 15 is 0 Å². The van der Waals surface area contributed by atoms with E-state index in [0.29, 0.717) is 27.6 Å². The van der Waals surface area contributed by atoms with Crippen LogP contribution in [0.25, 0.3) is 0 Å². The summed E-state index contributed by atoms with van der Waals surface area (Å²) in [6.07, 6.45) is 0. The Balaban J connectivity index is 2.45. The minimum absolute atomic E-state index is 0.154. The topological polar surface area (TPSA) is 61.5 Å². The van der Waals surface area contributed by atoms with E-state index in [1.54, 1.807) is 31.4 Å². The van der Waals surface area contributed by atoms with Gasteiger partial charge < -0.3 is 15.2 Å². The molecule has 1 heterocycles. The number of benzene rings is 1. The maximum atomic E-state index is 12.4. The molecular weight excluding hydrogens is 250 g/mol. The normalized spacial score (nSPS) is 10.1. The van der Waals surface area contributed by atoms with Gasteiger partial charge >= 0.3 is 0 Å². The van der Waals surface area contributed by atoms with E-state index in [-0.39, 0.29) is 5.78 Å². The van der Waals surface area contributed by atoms with Crippen molar-refractivity contribution in [3.05, 3.63) is 40.1 Å². The van der Waals surface area contributed by atoms with E-state index in [9.17, 15) is 4.79 Å². The van der Waals surface area contributed by atoms with Crippen molar-refractivity contribution in [3.8, 4) is 11.5 Å². The predicted octanol–water partition coefficient (Wildman–Crippen LogP) is 2.58. The summed E-state index contributed by atoms with van der Waals surface area (Å²) in [7, 11) is 3.08. The molecule has 0 saturated carbocycles. The summed E-state index contributed by atoms with van der Waals surface area (Å²) in [5, 5.41) is 1.81. The first-order valence-electron chi connectivity index (χ1n) is 5.27. The van der Waals surface area contributed by atoms with Gasteiger partial charge in [0.15, 0.2) is 0 Å². The first kappa shape index (κ1) is 12.4. The molecule has 2 N–H and O–H groups in total. The summed E-state index contributed by atoms with van der Waals surface area (Å²) in [6.45, 7) is 0. The lowest BCUT2D eigenvalue weighted by Gasteiger charge is -2.07. The third-order valence-electron chi connectivity index (χ3n) is 2.56. The Labute approximate surface area is 109 Å². The third-order valence-corrected chi connectivity index (χ3v) is 3.45. The minimum Gasteiger partial charge on any atom is -0.497 e. The molecule has 5 heteroatoms. The molecule has 0 aliphatic carbocycles. The number of ether oxygens (including phenoxy) is 2. The van der Waals surface area contributed by atoms with Gasteiger partial charge in [-0.05, 0) is 29.6 Å². The van der Waals surface area contributed by atoms with Crippen molar-refractivity contribution in [3.63, 3.8) is 0 Å². The molecule has 4 nitrogen and oxygen atoms in total. The molecule has 0 amide bonds. The molecule has 0 aliphatic heterocycles. The molecular formula is C13H13NO3S. The monoisotopic (exact) mass is 263 g/mol. The lowest BCUT2D eigenvalue weighted by Crippen LogP contribution is -2.05. The second-order valence-corrected chi connectivity index (χ2v) is 4.52. The highest BCUT2D eigenvalue weighted by molar-refractivity contribution is 7.12. The van der Waals surface area contributed by atoms with Gasteiger partial charge in [-0.1, -0.05) is 0 Å². The summed E-state index contributed by atoms with van der Waals surface area (Å²) < 4.78 is 10.2. The van der Waals surface area contributed by atoms with Crippen molar-refractivity contribution in [2.75, 3.05) is 20.0 Å². The quantitative estimate of drug-likeness (QED) is 0.680. The smallest absolute Gasteiger partial charge is 0.208 e. The van der Waals surface area contributed by atoms with Gasteiger partial charge in [0.25, 0.3) is 0 Å². The number of nitrogen functional groups attached to an aromatic ring is 1. The van der Waals surface area contributed by atoms with Crippen LogP contribution < -0.4 is 15.2 Å². The highest BCUT2D eigenvalue weighted by atomic mass is 32.1. The first-order chi connectivity index (χ1) is 8.67. The SMILES string of the molecule is COc1ccc(N)c(C(=O)c2sccc2OC)c1. The van der Waals surface area contributed by atoms with E-state index in [2.05, 4.69) is 0 Å². The van der Waals surface area contributed by atoms with Crippen LogP contribution in [-0.4, -0.2) is 20.0 Å². The van der Waals surface area contributed by atoms with Gasteiger partial charge in [0, 0.05) is 5.69 Å². The fourth-order valence-electron chi connectivity index (χ4n) is 1.61. The fraction of sp³-hybridized carbons (Fsp3) is 0.154. The Morgan fingerprint density at radius 3 is 2.67 bits per heavy atom. The number of nitrogens with two attached hydrogens (primary N) is 1. The lowest BCUT2D eigenvalue weighted by atomic mass is 10.1. The van der Waals surface area contributed by atoms with Gasteiger partial charge in [0.1, 0.15) is 16.4 Å². The summed E-state index contributed by atoms with van der Waals surface area (Å²) in [5.74, 6) is 1.01.